The Morgan fingerprint density at radius 2 is 1.98 bits per heavy atom. The molecule has 3 atom stereocenters. The van der Waals surface area contributed by atoms with Crippen molar-refractivity contribution in [1.82, 2.24) is 29.9 Å². The molecule has 0 bridgehead atoms. The number of nitrogens with one attached hydrogen (secondary N) is 2. The van der Waals surface area contributed by atoms with Gasteiger partial charge in [-0.3, -0.25) is 19.2 Å². The molecule has 222 valence electrons. The fourth-order valence-electron chi connectivity index (χ4n) is 6.50. The summed E-state index contributed by atoms with van der Waals surface area (Å²) in [5, 5.41) is 12.5. The Morgan fingerprint density at radius 1 is 1.19 bits per heavy atom. The van der Waals surface area contributed by atoms with Gasteiger partial charge in [0.25, 0.3) is 0 Å². The molecule has 14 heteroatoms. The number of nitrogens with zero attached hydrogens (tertiary/aromatic N) is 5. The maximum atomic E-state index is 14.2. The highest BCUT2D eigenvalue weighted by Gasteiger charge is 2.50. The number of aryl methyl sites for hydroxylation is 1. The van der Waals surface area contributed by atoms with Crippen LogP contribution in [0.4, 0.5) is 17.6 Å². The number of carbonyl (C=O) groups excluding carboxylic acids is 1. The number of halogens is 4. The topological polar surface area (TPSA) is 119 Å². The number of thiol groups is 1. The minimum atomic E-state index is -4.65. The van der Waals surface area contributed by atoms with Crippen LogP contribution in [-0.2, 0) is 36.2 Å². The highest BCUT2D eigenvalue weighted by Crippen LogP contribution is 2.48. The van der Waals surface area contributed by atoms with Gasteiger partial charge in [0.05, 0.1) is 61.5 Å². The molecule has 1 saturated heterocycles. The molecule has 0 radical (unpaired) electrons. The average molecular weight is 612 g/mol. The van der Waals surface area contributed by atoms with Crippen LogP contribution in [0.15, 0.2) is 59.3 Å². The number of ketones is 1. The van der Waals surface area contributed by atoms with E-state index in [1.165, 1.54) is 12.1 Å². The summed E-state index contributed by atoms with van der Waals surface area (Å²) in [7, 11) is -2.45. The van der Waals surface area contributed by atoms with Crippen molar-refractivity contribution in [2.24, 2.45) is 5.41 Å². The van der Waals surface area contributed by atoms with Gasteiger partial charge in [-0.05, 0) is 73.7 Å². The van der Waals surface area contributed by atoms with Crippen LogP contribution >= 0.6 is 0 Å². The van der Waals surface area contributed by atoms with Crippen molar-refractivity contribution in [3.8, 4) is 5.69 Å². The molecule has 0 saturated carbocycles. The number of carbonyl (C=O) groups is 1. The second-order valence-electron chi connectivity index (χ2n) is 11.1. The maximum absolute atomic E-state index is 14.2. The van der Waals surface area contributed by atoms with Crippen molar-refractivity contribution < 1.29 is 26.6 Å². The van der Waals surface area contributed by atoms with Gasteiger partial charge in [0.2, 0.25) is 0 Å². The first-order valence-corrected chi connectivity index (χ1v) is 14.9. The molecule has 3 aliphatic rings. The molecular weight excluding hydrogens is 586 g/mol. The van der Waals surface area contributed by atoms with Crippen LogP contribution in [-0.4, -0.2) is 41.1 Å². The number of fused-ring (bicyclic) bond motifs is 3. The summed E-state index contributed by atoms with van der Waals surface area (Å²) < 4.78 is 78.4. The number of alkyl halides is 3. The molecule has 0 amide bonds. The lowest BCUT2D eigenvalue weighted by molar-refractivity contribution is -0.137. The van der Waals surface area contributed by atoms with E-state index in [4.69, 9.17) is 9.88 Å². The zero-order chi connectivity index (χ0) is 30.1. The lowest BCUT2D eigenvalue weighted by Crippen LogP contribution is -2.51. The first-order valence-electron chi connectivity index (χ1n) is 13.7. The van der Waals surface area contributed by atoms with Gasteiger partial charge in [0, 0.05) is 19.3 Å². The fourth-order valence-corrected chi connectivity index (χ4v) is 7.37. The smallest absolute Gasteiger partial charge is 0.307 e. The summed E-state index contributed by atoms with van der Waals surface area (Å²) in [4.78, 5) is 18.7. The number of hydrogen-bond acceptors (Lipinski definition) is 7. The zero-order valence-corrected chi connectivity index (χ0v) is 23.4. The summed E-state index contributed by atoms with van der Waals surface area (Å²) in [6.45, 7) is 0.711. The van der Waals surface area contributed by atoms with Crippen molar-refractivity contribution in [1.29, 1.82) is 4.78 Å². The Hall–Kier alpha value is -4.17. The third-order valence-electron chi connectivity index (χ3n) is 8.58. The first kappa shape index (κ1) is 27.7. The SMILES string of the molecule is N=[SH](=O)c1c(C2CC3=Cc4c(cnn4-c4ccc(F)cc4)C[C@]3(C(=O)c3cc(C(F)(F)F)ccn3)CN2)nn2c1CCC2. The van der Waals surface area contributed by atoms with Crippen LogP contribution in [0.1, 0.15) is 57.6 Å². The van der Waals surface area contributed by atoms with E-state index in [2.05, 4.69) is 15.4 Å². The fraction of sp³-hybridized carbons (Fsp3) is 0.310. The molecule has 43 heavy (non-hydrogen) atoms. The van der Waals surface area contributed by atoms with Crippen LogP contribution in [0.5, 0.6) is 0 Å². The maximum Gasteiger partial charge on any atom is 0.416 e. The summed E-state index contributed by atoms with van der Waals surface area (Å²) in [6, 6.07) is 6.91. The number of Topliss-reactive ketones (excluding diaryl/α,β-unsaturated/α-hetero) is 1. The molecule has 2 aliphatic heterocycles. The monoisotopic (exact) mass is 611 g/mol. The predicted molar refractivity (Wildman–Crippen MR) is 148 cm³/mol. The van der Waals surface area contributed by atoms with E-state index in [1.807, 2.05) is 6.08 Å². The summed E-state index contributed by atoms with van der Waals surface area (Å²) in [5.74, 6) is -0.965. The van der Waals surface area contributed by atoms with E-state index in [1.54, 1.807) is 27.7 Å². The van der Waals surface area contributed by atoms with E-state index >= 15 is 0 Å². The number of benzene rings is 1. The van der Waals surface area contributed by atoms with Crippen LogP contribution in [0, 0.1) is 16.0 Å². The van der Waals surface area contributed by atoms with Crippen molar-refractivity contribution >= 4 is 22.5 Å². The van der Waals surface area contributed by atoms with Gasteiger partial charge in [-0.2, -0.15) is 23.4 Å². The second kappa shape index (κ2) is 9.95. The zero-order valence-electron chi connectivity index (χ0n) is 22.5. The number of pyridine rings is 1. The second-order valence-corrected chi connectivity index (χ2v) is 12.1. The highest BCUT2D eigenvalue weighted by atomic mass is 32.2. The highest BCUT2D eigenvalue weighted by molar-refractivity contribution is 7.73. The van der Waals surface area contributed by atoms with Gasteiger partial charge in [0.15, 0.2) is 5.78 Å². The third-order valence-corrected chi connectivity index (χ3v) is 9.47. The van der Waals surface area contributed by atoms with Crippen LogP contribution < -0.4 is 5.32 Å². The third kappa shape index (κ3) is 4.50. The lowest BCUT2D eigenvalue weighted by atomic mass is 9.64. The van der Waals surface area contributed by atoms with Gasteiger partial charge >= 0.3 is 6.18 Å². The average Bonchev–Trinajstić information content (AvgIpc) is 3.70. The normalized spacial score (nSPS) is 22.0. The Morgan fingerprint density at radius 3 is 2.72 bits per heavy atom. The van der Waals surface area contributed by atoms with E-state index in [9.17, 15) is 26.6 Å². The molecule has 4 aromatic rings. The Labute approximate surface area is 244 Å². The molecule has 3 aromatic heterocycles. The Balaban J connectivity index is 1.34. The van der Waals surface area contributed by atoms with Gasteiger partial charge in [-0.15, -0.1) is 0 Å². The Bertz CT molecular complexity index is 1880. The van der Waals surface area contributed by atoms with E-state index < -0.39 is 45.4 Å². The first-order chi connectivity index (χ1) is 20.5. The molecule has 1 aliphatic carbocycles. The summed E-state index contributed by atoms with van der Waals surface area (Å²) in [6.07, 6.45) is 1.65. The molecule has 2 N–H and O–H groups in total. The molecular formula is C29H25F4N7O2S. The van der Waals surface area contributed by atoms with E-state index in [0.29, 0.717) is 46.1 Å². The van der Waals surface area contributed by atoms with E-state index in [0.717, 1.165) is 30.4 Å². The molecule has 1 fully saturated rings. The van der Waals surface area contributed by atoms with Crippen molar-refractivity contribution in [3.63, 3.8) is 0 Å². The van der Waals surface area contributed by atoms with Crippen molar-refractivity contribution in [2.75, 3.05) is 6.54 Å². The summed E-state index contributed by atoms with van der Waals surface area (Å²) in [5.41, 5.74) is 1.33. The van der Waals surface area contributed by atoms with Crippen LogP contribution in [0.2, 0.25) is 0 Å². The van der Waals surface area contributed by atoms with Gasteiger partial charge in [-0.25, -0.2) is 13.3 Å². The predicted octanol–water partition coefficient (Wildman–Crippen LogP) is 4.71. The minimum absolute atomic E-state index is 0.0534. The number of rotatable bonds is 5. The van der Waals surface area contributed by atoms with Crippen LogP contribution in [0.3, 0.4) is 0 Å². The number of aromatic nitrogens is 5. The van der Waals surface area contributed by atoms with E-state index in [-0.39, 0.29) is 25.1 Å². The van der Waals surface area contributed by atoms with Gasteiger partial charge in [-0.1, -0.05) is 5.57 Å². The number of hydrogen-bond donors (Lipinski definition) is 3. The molecule has 7 rings (SSSR count). The van der Waals surface area contributed by atoms with Crippen molar-refractivity contribution in [3.05, 3.63) is 94.1 Å². The van der Waals surface area contributed by atoms with Gasteiger partial charge in [0.1, 0.15) is 11.5 Å². The summed E-state index contributed by atoms with van der Waals surface area (Å²) >= 11 is 0. The van der Waals surface area contributed by atoms with Gasteiger partial charge < -0.3 is 5.32 Å². The molecule has 9 nitrogen and oxygen atoms in total. The molecule has 2 unspecified atom stereocenters. The molecule has 0 spiro atoms. The molecule has 5 heterocycles. The minimum Gasteiger partial charge on any atom is -0.307 e. The molecule has 1 aromatic carbocycles. The van der Waals surface area contributed by atoms with Crippen molar-refractivity contribution in [2.45, 2.75) is 49.3 Å². The Kier molecular flexibility index (Phi) is 6.40. The largest absolute Gasteiger partial charge is 0.416 e. The lowest BCUT2D eigenvalue weighted by Gasteiger charge is -2.43. The number of piperidine rings is 1. The van der Waals surface area contributed by atoms with Crippen LogP contribution in [0.25, 0.3) is 11.8 Å². The standard InChI is InChI=1S/C29H25F4N7O2S/c30-19-3-5-20(6-4-19)40-24-12-18-11-21(25-26(43(34)42)23-2-1-9-39(23)38-25)36-15-28(18,13-16(24)14-37-40)27(41)22-10-17(7-8-35-22)29(31,32)33/h3-8,10,12,14,21,34,36,43H,1-2,9,11,13,15H2/t21?,28-/m0/s1. The quantitative estimate of drug-likeness (QED) is 0.171.